The number of para-hydroxylation sites is 2. The van der Waals surface area contributed by atoms with Crippen molar-refractivity contribution in [2.75, 3.05) is 58.8 Å². The number of aromatic hydroxyl groups is 1. The Kier molecular flexibility index (Phi) is 35.8. The number of aromatic amines is 2. The monoisotopic (exact) mass is 1790 g/mol. The molecule has 1 aliphatic carbocycles. The van der Waals surface area contributed by atoms with Crippen LogP contribution in [0.4, 0.5) is 0 Å². The van der Waals surface area contributed by atoms with Gasteiger partial charge in [0.25, 0.3) is 0 Å². The van der Waals surface area contributed by atoms with E-state index in [0.29, 0.717) is 48.8 Å². The van der Waals surface area contributed by atoms with E-state index in [9.17, 15) is 53.1 Å². The van der Waals surface area contributed by atoms with Gasteiger partial charge in [-0.25, -0.2) is 0 Å². The van der Waals surface area contributed by atoms with Crippen LogP contribution < -0.4 is 70.4 Å². The van der Waals surface area contributed by atoms with E-state index in [4.69, 9.17) is 17.2 Å². The number of nitrogens with two attached hydrogens (primary N) is 3. The summed E-state index contributed by atoms with van der Waals surface area (Å²) in [6.07, 6.45) is 5.06. The molecule has 4 fully saturated rings. The number of thioether (sulfide) groups is 1. The van der Waals surface area contributed by atoms with E-state index in [1.165, 1.54) is 67.0 Å². The SMILES string of the molecule is CCCC[C@H]1C(=O)N(C)[C@@H](CCCC)C(=O)N[C@@H](CC(C)C)C(=O)N[C@H](C(=O)NCC(N)=O)CSCC(=O)N[C@@H](Cc2ccc(O)cc2)C(=O)N(C)[C@@H](C)C(=O)N[C@@H](CC(N)=O)C(=O)N2CCC[C@H]2C(=O)N[C@@H](CN)C(=O)N[C@@H](CC(C)C)C(=O)N2CCC[C@H]2C(=O)N[C@@H](Cc2c[nH]c3ccccc23)C(=O)NC2(CC2)C(=O)N[C@@H](Cc2c[nH]c3ccccc23)C(=O)N1C. The Morgan fingerprint density at radius 3 is 1.56 bits per heavy atom. The molecule has 0 unspecified atom stereocenters. The van der Waals surface area contributed by atoms with Crippen LogP contribution in [-0.2, 0) is 101 Å². The molecular weight excluding hydrogens is 1670 g/mol. The minimum atomic E-state index is -1.73. The first-order valence-corrected chi connectivity index (χ1v) is 45.2. The highest BCUT2D eigenvalue weighted by Crippen LogP contribution is 2.37. The van der Waals surface area contributed by atoms with Gasteiger partial charge in [0, 0.05) is 100.0 Å². The summed E-state index contributed by atoms with van der Waals surface area (Å²) in [6, 6.07) is 1.89. The molecular formula is C89H126N20O18S. The van der Waals surface area contributed by atoms with Crippen molar-refractivity contribution in [3.05, 3.63) is 102 Å². The van der Waals surface area contributed by atoms with Gasteiger partial charge in [-0.1, -0.05) is 116 Å². The number of benzene rings is 3. The van der Waals surface area contributed by atoms with Crippen LogP contribution in [-0.4, -0.2) is 283 Å². The number of amides is 17. The second kappa shape index (κ2) is 46.0. The Labute approximate surface area is 748 Å². The van der Waals surface area contributed by atoms with Gasteiger partial charge in [0.2, 0.25) is 100 Å². The molecule has 39 heteroatoms. The Hall–Kier alpha value is -12.2. The number of rotatable bonds is 22. The number of aromatic nitrogens is 2. The van der Waals surface area contributed by atoms with Crippen molar-refractivity contribution in [3.8, 4) is 5.75 Å². The third-order valence-electron chi connectivity index (χ3n) is 24.0. The zero-order valence-corrected chi connectivity index (χ0v) is 75.3. The molecule has 13 atom stereocenters. The zero-order valence-electron chi connectivity index (χ0n) is 74.5. The smallest absolute Gasteiger partial charge is 0.246 e. The first-order chi connectivity index (χ1) is 60.9. The van der Waals surface area contributed by atoms with Crippen LogP contribution in [0.25, 0.3) is 21.8 Å². The maximum Gasteiger partial charge on any atom is 0.246 e. The summed E-state index contributed by atoms with van der Waals surface area (Å²) >= 11 is 0.813. The molecule has 1 spiro atoms. The van der Waals surface area contributed by atoms with Gasteiger partial charge in [-0.3, -0.25) is 81.5 Å². The van der Waals surface area contributed by atoms with E-state index >= 15 is 33.6 Å². The predicted octanol–water partition coefficient (Wildman–Crippen LogP) is 0.0478. The van der Waals surface area contributed by atoms with Crippen molar-refractivity contribution < 1.29 is 86.6 Å². The molecule has 4 aliphatic rings. The molecule has 19 N–H and O–H groups in total. The lowest BCUT2D eigenvalue weighted by Gasteiger charge is -2.36. The number of carbonyl (C=O) groups is 17. The number of hydrogen-bond donors (Lipinski definition) is 16. The Balaban J connectivity index is 1.07. The topological polar surface area (TPSA) is 557 Å². The van der Waals surface area contributed by atoms with Gasteiger partial charge in [0.05, 0.1) is 18.7 Å². The lowest BCUT2D eigenvalue weighted by atomic mass is 9.99. The maximum atomic E-state index is 15.8. The summed E-state index contributed by atoms with van der Waals surface area (Å²) in [5.41, 5.74) is 18.8. The predicted molar refractivity (Wildman–Crippen MR) is 477 cm³/mol. The Morgan fingerprint density at radius 2 is 1.02 bits per heavy atom. The first kappa shape index (κ1) is 99.6. The number of nitrogens with one attached hydrogen (secondary N) is 12. The highest BCUT2D eigenvalue weighted by Gasteiger charge is 2.54. The van der Waals surface area contributed by atoms with Crippen molar-refractivity contribution in [1.82, 2.24) is 87.6 Å². The summed E-state index contributed by atoms with van der Waals surface area (Å²) in [5, 5.41) is 38.9. The van der Waals surface area contributed by atoms with Crippen LogP contribution in [0.1, 0.15) is 161 Å². The average Bonchev–Trinajstić information content (AvgIpc) is 1.61. The standard InChI is InChI=1S/C89H126N20O18S/c1-11-13-25-68-80(119)97-60(37-49(3)4)77(116)102-67(76(115)95-46-73(92)112)47-128-48-74(113)96-63(39-52-29-31-55(110)32-30-52)83(122)105(8)51(7)75(114)99-65(42-72(91)111)86(125)109-36-20-28-70(109)82(121)101-66(43-90)78(117)100-62(38-50(5)6)85(124)108-35-19-27-69(108)81(120)98-61(40-53-44-93-58-23-17-15-21-56(53)58)79(118)104-89(33-34-89)88(127)103-64(41-54-45-94-59-24-18-16-22-57(54)59)84(123)107(10)71(26-14-12-2)87(126)106(68)9/h15-18,21-24,29-32,44-45,49-51,60-71,93-94,110H,11-14,19-20,25-28,33-43,46-48,90H2,1-10H3,(H2,91,111)(H2,92,112)(H,95,115)(H,96,113)(H,97,119)(H,98,120)(H,99,114)(H,100,117)(H,101,121)(H,102,116)(H,103,127)(H,104,118)/t51-,60-,61-,62-,63-,64-,65-,66-,67-,68-,69-,70-,71-/m0/s1. The van der Waals surface area contributed by atoms with Crippen molar-refractivity contribution in [1.29, 1.82) is 0 Å². The summed E-state index contributed by atoms with van der Waals surface area (Å²) in [4.78, 5) is 261. The number of primary amides is 2. The number of phenolic OH excluding ortho intramolecular Hbond substituents is 1. The van der Waals surface area contributed by atoms with Gasteiger partial charge < -0.3 is 110 Å². The number of carbonyl (C=O) groups excluding carboxylic acids is 17. The molecule has 17 amide bonds. The van der Waals surface area contributed by atoms with Gasteiger partial charge in [-0.05, 0) is 124 Å². The molecule has 128 heavy (non-hydrogen) atoms. The third-order valence-corrected chi connectivity index (χ3v) is 25.0. The first-order valence-electron chi connectivity index (χ1n) is 44.0. The molecule has 3 aliphatic heterocycles. The second-order valence-electron chi connectivity index (χ2n) is 34.7. The third kappa shape index (κ3) is 26.3. The van der Waals surface area contributed by atoms with Gasteiger partial charge >= 0.3 is 0 Å². The molecule has 0 radical (unpaired) electrons. The maximum absolute atomic E-state index is 15.8. The van der Waals surface area contributed by atoms with Crippen LogP contribution in [0.2, 0.25) is 0 Å². The molecule has 5 aromatic rings. The highest BCUT2D eigenvalue weighted by molar-refractivity contribution is 8.00. The van der Waals surface area contributed by atoms with E-state index in [1.54, 1.807) is 46.2 Å². The number of nitrogens with zero attached hydrogens (tertiary/aromatic N) is 5. The van der Waals surface area contributed by atoms with Crippen LogP contribution in [0, 0.1) is 11.8 Å². The summed E-state index contributed by atoms with van der Waals surface area (Å²) in [6.45, 7) is 11.0. The number of phenols is 1. The number of unbranched alkanes of at least 4 members (excludes halogenated alkanes) is 2. The Morgan fingerprint density at radius 1 is 0.523 bits per heavy atom. The molecule has 1 saturated carbocycles. The molecule has 2 aromatic heterocycles. The minimum Gasteiger partial charge on any atom is -0.508 e. The van der Waals surface area contributed by atoms with Crippen LogP contribution in [0.3, 0.4) is 0 Å². The van der Waals surface area contributed by atoms with Gasteiger partial charge in [-0.15, -0.1) is 11.8 Å². The summed E-state index contributed by atoms with van der Waals surface area (Å²) < 4.78 is 0. The molecule has 5 heterocycles. The normalized spacial score (nSPS) is 25.2. The minimum absolute atomic E-state index is 0.0226. The molecule has 9 rings (SSSR count). The lowest BCUT2D eigenvalue weighted by molar-refractivity contribution is -0.149. The van der Waals surface area contributed by atoms with Crippen molar-refractivity contribution in [2.24, 2.45) is 29.0 Å². The van der Waals surface area contributed by atoms with Crippen LogP contribution >= 0.6 is 11.8 Å². The van der Waals surface area contributed by atoms with E-state index < -0.39 is 210 Å². The molecule has 38 nitrogen and oxygen atoms in total. The number of H-pyrrole nitrogens is 2. The average molecular weight is 1800 g/mol. The zero-order chi connectivity index (χ0) is 93.5. The Bertz CT molecular complexity index is 4860. The van der Waals surface area contributed by atoms with Crippen molar-refractivity contribution in [3.63, 3.8) is 0 Å². The fourth-order valence-electron chi connectivity index (χ4n) is 16.5. The fourth-order valence-corrected chi connectivity index (χ4v) is 17.4. The summed E-state index contributed by atoms with van der Waals surface area (Å²) in [7, 11) is 4.09. The second-order valence-corrected chi connectivity index (χ2v) is 35.7. The fraction of sp³-hybridized carbons (Fsp3) is 0.562. The van der Waals surface area contributed by atoms with Crippen LogP contribution in [0.5, 0.6) is 5.75 Å². The molecule has 3 saturated heterocycles. The van der Waals surface area contributed by atoms with Crippen molar-refractivity contribution >= 4 is 134 Å². The van der Waals surface area contributed by atoms with Crippen molar-refractivity contribution in [2.45, 2.75) is 248 Å². The van der Waals surface area contributed by atoms with E-state index in [0.717, 1.165) is 43.4 Å². The van der Waals surface area contributed by atoms with Gasteiger partial charge in [-0.2, -0.15) is 0 Å². The quantitative estimate of drug-likeness (QED) is 0.0435. The number of likely N-dealkylation sites (N-methyl/N-ethyl adjacent to an activating group) is 3. The van der Waals surface area contributed by atoms with Gasteiger partial charge in [0.1, 0.15) is 89.8 Å². The largest absolute Gasteiger partial charge is 0.508 e. The lowest BCUT2D eigenvalue weighted by Crippen LogP contribution is -2.62. The molecule has 696 valence electrons. The highest BCUT2D eigenvalue weighted by atomic mass is 32.2. The summed E-state index contributed by atoms with van der Waals surface area (Å²) in [5.74, 6) is -15.8. The molecule has 3 aromatic carbocycles. The number of hydrogen-bond acceptors (Lipinski definition) is 20. The van der Waals surface area contributed by atoms with Gasteiger partial charge in [0.15, 0.2) is 0 Å². The van der Waals surface area contributed by atoms with E-state index in [1.807, 2.05) is 56.3 Å². The van der Waals surface area contributed by atoms with E-state index in [2.05, 4.69) is 63.1 Å². The van der Waals surface area contributed by atoms with E-state index in [-0.39, 0.29) is 113 Å². The van der Waals surface area contributed by atoms with Crippen LogP contribution in [0.15, 0.2) is 85.2 Å². The number of fused-ring (bicyclic) bond motifs is 4. The molecule has 0 bridgehead atoms.